The Bertz CT molecular complexity index is 1310. The van der Waals surface area contributed by atoms with E-state index in [1.807, 2.05) is 117 Å². The summed E-state index contributed by atoms with van der Waals surface area (Å²) in [5, 5.41) is 9.61. The Kier molecular flexibility index (Phi) is 8.19. The SMILES string of the molecule is Cc1ccc(NC(=S)Nc2cccc(SC(C(=O)Nc3cccc(C)c3)c3ccccc3)c2)cc1. The molecule has 0 aliphatic heterocycles. The molecule has 4 nitrogen and oxygen atoms in total. The van der Waals surface area contributed by atoms with Gasteiger partial charge in [-0.3, -0.25) is 4.79 Å². The van der Waals surface area contributed by atoms with Crippen molar-refractivity contribution in [2.75, 3.05) is 16.0 Å². The van der Waals surface area contributed by atoms with Crippen LogP contribution in [0, 0.1) is 13.8 Å². The smallest absolute Gasteiger partial charge is 0.242 e. The first kappa shape index (κ1) is 24.5. The maximum Gasteiger partial charge on any atom is 0.242 e. The molecule has 1 atom stereocenters. The highest BCUT2D eigenvalue weighted by Crippen LogP contribution is 2.37. The Labute approximate surface area is 216 Å². The molecular formula is C29H27N3OS2. The van der Waals surface area contributed by atoms with E-state index in [0.29, 0.717) is 5.11 Å². The molecule has 6 heteroatoms. The maximum atomic E-state index is 13.3. The normalized spacial score (nSPS) is 11.4. The molecule has 0 spiro atoms. The number of nitrogens with one attached hydrogen (secondary N) is 3. The van der Waals surface area contributed by atoms with E-state index in [1.165, 1.54) is 17.3 Å². The molecule has 0 heterocycles. The van der Waals surface area contributed by atoms with Gasteiger partial charge in [-0.05, 0) is 79.7 Å². The summed E-state index contributed by atoms with van der Waals surface area (Å²) in [7, 11) is 0. The highest BCUT2D eigenvalue weighted by atomic mass is 32.2. The molecule has 0 saturated carbocycles. The van der Waals surface area contributed by atoms with Crippen molar-refractivity contribution in [3.63, 3.8) is 0 Å². The van der Waals surface area contributed by atoms with E-state index in [4.69, 9.17) is 12.2 Å². The fraction of sp³-hybridized carbons (Fsp3) is 0.103. The van der Waals surface area contributed by atoms with Crippen molar-refractivity contribution in [3.8, 4) is 0 Å². The van der Waals surface area contributed by atoms with Crippen LogP contribution in [0.3, 0.4) is 0 Å². The summed E-state index contributed by atoms with van der Waals surface area (Å²) in [6, 6.07) is 33.6. The lowest BCUT2D eigenvalue weighted by atomic mass is 10.1. The monoisotopic (exact) mass is 497 g/mol. The van der Waals surface area contributed by atoms with Crippen molar-refractivity contribution in [1.29, 1.82) is 0 Å². The van der Waals surface area contributed by atoms with Crippen LogP contribution in [0.2, 0.25) is 0 Å². The minimum absolute atomic E-state index is 0.0679. The van der Waals surface area contributed by atoms with Crippen molar-refractivity contribution in [2.24, 2.45) is 0 Å². The number of anilines is 3. The number of aryl methyl sites for hydroxylation is 2. The number of thiocarbonyl (C=S) groups is 1. The van der Waals surface area contributed by atoms with Gasteiger partial charge >= 0.3 is 0 Å². The fourth-order valence-corrected chi connectivity index (χ4v) is 4.86. The quantitative estimate of drug-likeness (QED) is 0.181. The molecule has 35 heavy (non-hydrogen) atoms. The Morgan fingerprint density at radius 1 is 0.686 bits per heavy atom. The van der Waals surface area contributed by atoms with E-state index in [2.05, 4.69) is 16.0 Å². The summed E-state index contributed by atoms with van der Waals surface area (Å²) in [5.74, 6) is -0.0679. The fourth-order valence-electron chi connectivity index (χ4n) is 3.54. The molecule has 0 aromatic heterocycles. The molecule has 4 rings (SSSR count). The van der Waals surface area contributed by atoms with Gasteiger partial charge in [0.1, 0.15) is 5.25 Å². The first-order valence-electron chi connectivity index (χ1n) is 11.3. The number of hydrogen-bond acceptors (Lipinski definition) is 3. The second-order valence-electron chi connectivity index (χ2n) is 8.24. The molecule has 1 amide bonds. The van der Waals surface area contributed by atoms with Crippen molar-refractivity contribution >= 4 is 52.1 Å². The van der Waals surface area contributed by atoms with Crippen LogP contribution in [0.15, 0.2) is 108 Å². The van der Waals surface area contributed by atoms with Gasteiger partial charge in [-0.2, -0.15) is 0 Å². The van der Waals surface area contributed by atoms with E-state index in [1.54, 1.807) is 0 Å². The second kappa shape index (κ2) is 11.7. The standard InChI is InChI=1S/C29H27N3OS2/c1-20-14-16-23(17-15-20)31-29(34)32-25-12-7-13-26(19-25)35-27(22-9-4-3-5-10-22)28(33)30-24-11-6-8-21(2)18-24/h3-19,27H,1-2H3,(H,30,33)(H2,31,32,34). The largest absolute Gasteiger partial charge is 0.332 e. The Morgan fingerprint density at radius 2 is 1.34 bits per heavy atom. The van der Waals surface area contributed by atoms with Gasteiger partial charge < -0.3 is 16.0 Å². The molecule has 0 saturated heterocycles. The lowest BCUT2D eigenvalue weighted by molar-refractivity contribution is -0.115. The summed E-state index contributed by atoms with van der Waals surface area (Å²) in [4.78, 5) is 14.3. The third-order valence-corrected chi connectivity index (χ3v) is 6.73. The third kappa shape index (κ3) is 7.18. The zero-order valence-corrected chi connectivity index (χ0v) is 21.3. The lowest BCUT2D eigenvalue weighted by Crippen LogP contribution is -2.19. The Balaban J connectivity index is 1.49. The maximum absolute atomic E-state index is 13.3. The van der Waals surface area contributed by atoms with Gasteiger partial charge in [-0.25, -0.2) is 0 Å². The molecular weight excluding hydrogens is 470 g/mol. The number of carbonyl (C=O) groups is 1. The van der Waals surface area contributed by atoms with Gasteiger partial charge in [0.15, 0.2) is 5.11 Å². The molecule has 0 aliphatic carbocycles. The molecule has 176 valence electrons. The van der Waals surface area contributed by atoms with Crippen molar-refractivity contribution in [1.82, 2.24) is 0 Å². The topological polar surface area (TPSA) is 53.2 Å². The summed E-state index contributed by atoms with van der Waals surface area (Å²) < 4.78 is 0. The molecule has 4 aromatic carbocycles. The number of carbonyl (C=O) groups excluding carboxylic acids is 1. The predicted octanol–water partition coefficient (Wildman–Crippen LogP) is 7.58. The molecule has 0 radical (unpaired) electrons. The van der Waals surface area contributed by atoms with Crippen molar-refractivity contribution in [2.45, 2.75) is 24.0 Å². The molecule has 4 aromatic rings. The number of thioether (sulfide) groups is 1. The van der Waals surface area contributed by atoms with Gasteiger partial charge in [0.25, 0.3) is 0 Å². The van der Waals surface area contributed by atoms with Crippen molar-refractivity contribution in [3.05, 3.63) is 120 Å². The van der Waals surface area contributed by atoms with E-state index in [9.17, 15) is 4.79 Å². The molecule has 0 aliphatic rings. The molecule has 0 fully saturated rings. The average molecular weight is 498 g/mol. The number of amides is 1. The number of rotatable bonds is 7. The van der Waals surface area contributed by atoms with Crippen LogP contribution >= 0.6 is 24.0 Å². The van der Waals surface area contributed by atoms with E-state index in [-0.39, 0.29) is 5.91 Å². The number of hydrogen-bond donors (Lipinski definition) is 3. The van der Waals surface area contributed by atoms with Crippen LogP contribution in [0.5, 0.6) is 0 Å². The second-order valence-corrected chi connectivity index (χ2v) is 9.83. The van der Waals surface area contributed by atoms with Crippen LogP contribution in [0.4, 0.5) is 17.1 Å². The first-order valence-corrected chi connectivity index (χ1v) is 12.6. The van der Waals surface area contributed by atoms with Crippen LogP contribution in [0.25, 0.3) is 0 Å². The third-order valence-electron chi connectivity index (χ3n) is 5.28. The highest BCUT2D eigenvalue weighted by Gasteiger charge is 2.22. The van der Waals surface area contributed by atoms with Crippen LogP contribution < -0.4 is 16.0 Å². The van der Waals surface area contributed by atoms with Gasteiger partial charge in [0, 0.05) is 22.0 Å². The minimum Gasteiger partial charge on any atom is -0.332 e. The highest BCUT2D eigenvalue weighted by molar-refractivity contribution is 8.00. The zero-order chi connectivity index (χ0) is 24.6. The first-order chi connectivity index (χ1) is 17.0. The van der Waals surface area contributed by atoms with Gasteiger partial charge in [-0.1, -0.05) is 66.2 Å². The van der Waals surface area contributed by atoms with Crippen LogP contribution in [-0.2, 0) is 4.79 Å². The van der Waals surface area contributed by atoms with Crippen molar-refractivity contribution < 1.29 is 4.79 Å². The summed E-state index contributed by atoms with van der Waals surface area (Å²) in [6.45, 7) is 4.06. The van der Waals surface area contributed by atoms with E-state index >= 15 is 0 Å². The minimum atomic E-state index is -0.412. The van der Waals surface area contributed by atoms with E-state index < -0.39 is 5.25 Å². The van der Waals surface area contributed by atoms with Crippen LogP contribution in [0.1, 0.15) is 21.9 Å². The Morgan fingerprint density at radius 3 is 2.06 bits per heavy atom. The summed E-state index contributed by atoms with van der Waals surface area (Å²) in [6.07, 6.45) is 0. The van der Waals surface area contributed by atoms with Gasteiger partial charge in [0.2, 0.25) is 5.91 Å². The summed E-state index contributed by atoms with van der Waals surface area (Å²) >= 11 is 6.99. The van der Waals surface area contributed by atoms with Crippen LogP contribution in [-0.4, -0.2) is 11.0 Å². The number of benzene rings is 4. The van der Waals surface area contributed by atoms with Gasteiger partial charge in [-0.15, -0.1) is 11.8 Å². The van der Waals surface area contributed by atoms with E-state index in [0.717, 1.165) is 33.1 Å². The zero-order valence-electron chi connectivity index (χ0n) is 19.6. The van der Waals surface area contributed by atoms with Gasteiger partial charge in [0.05, 0.1) is 0 Å². The lowest BCUT2D eigenvalue weighted by Gasteiger charge is -2.18. The average Bonchev–Trinajstić information content (AvgIpc) is 2.85. The molecule has 3 N–H and O–H groups in total. The predicted molar refractivity (Wildman–Crippen MR) is 152 cm³/mol. The molecule has 0 bridgehead atoms. The molecule has 1 unspecified atom stereocenters. The summed E-state index contributed by atoms with van der Waals surface area (Å²) in [5.41, 5.74) is 5.80. The Hall–Kier alpha value is -3.61.